The van der Waals surface area contributed by atoms with Gasteiger partial charge in [-0.25, -0.2) is 0 Å². The molecule has 1 unspecified atom stereocenters. The number of halogens is 1. The van der Waals surface area contributed by atoms with Crippen molar-refractivity contribution in [3.8, 4) is 17.1 Å². The molecule has 0 radical (unpaired) electrons. The summed E-state index contributed by atoms with van der Waals surface area (Å²) in [6.45, 7) is 2.11. The maximum absolute atomic E-state index is 13.0. The molecule has 4 rings (SSSR count). The average Bonchev–Trinajstić information content (AvgIpc) is 3.26. The van der Waals surface area contributed by atoms with Crippen molar-refractivity contribution in [2.45, 2.75) is 26.0 Å². The number of benzene rings is 3. The highest BCUT2D eigenvalue weighted by molar-refractivity contribution is 6.30. The van der Waals surface area contributed by atoms with Gasteiger partial charge < -0.3 is 14.2 Å². The number of carbonyl (C=O) groups is 1. The van der Waals surface area contributed by atoms with Crippen molar-refractivity contribution in [1.82, 2.24) is 15.0 Å². The van der Waals surface area contributed by atoms with Gasteiger partial charge in [-0.05, 0) is 42.1 Å². The first kappa shape index (κ1) is 20.9. The van der Waals surface area contributed by atoms with Gasteiger partial charge in [0.25, 0.3) is 5.91 Å². The molecule has 0 saturated heterocycles. The molecule has 0 bridgehead atoms. The fourth-order valence-corrected chi connectivity index (χ4v) is 3.45. The minimum atomic E-state index is -0.616. The third-order valence-electron chi connectivity index (χ3n) is 4.98. The molecule has 1 atom stereocenters. The van der Waals surface area contributed by atoms with E-state index < -0.39 is 6.10 Å². The van der Waals surface area contributed by atoms with Gasteiger partial charge in [0.15, 0.2) is 6.10 Å². The van der Waals surface area contributed by atoms with Crippen LogP contribution >= 0.6 is 11.6 Å². The molecule has 4 aromatic rings. The van der Waals surface area contributed by atoms with Crippen LogP contribution < -0.4 is 4.74 Å². The zero-order valence-electron chi connectivity index (χ0n) is 17.3. The lowest BCUT2D eigenvalue weighted by molar-refractivity contribution is -0.138. The van der Waals surface area contributed by atoms with Crippen LogP contribution in [0.1, 0.15) is 19.2 Å². The van der Waals surface area contributed by atoms with Crippen LogP contribution in [-0.4, -0.2) is 34.1 Å². The minimum Gasteiger partial charge on any atom is -0.480 e. The van der Waals surface area contributed by atoms with Crippen molar-refractivity contribution in [3.05, 3.63) is 77.6 Å². The first-order valence-electron chi connectivity index (χ1n) is 10.0. The van der Waals surface area contributed by atoms with Crippen LogP contribution in [0, 0.1) is 0 Å². The molecule has 0 aliphatic carbocycles. The SMILES string of the molecule is CCC(Oc1cccc2ccccc12)C(=O)N(C)Cc1nc(-c2ccc(Cl)cc2)no1. The number of carbonyl (C=O) groups excluding carboxylic acids is 1. The lowest BCUT2D eigenvalue weighted by Gasteiger charge is -2.23. The molecule has 1 amide bonds. The van der Waals surface area contributed by atoms with E-state index in [4.69, 9.17) is 20.9 Å². The van der Waals surface area contributed by atoms with Crippen molar-refractivity contribution in [3.63, 3.8) is 0 Å². The summed E-state index contributed by atoms with van der Waals surface area (Å²) in [7, 11) is 1.70. The number of fused-ring (bicyclic) bond motifs is 1. The molecule has 0 saturated carbocycles. The summed E-state index contributed by atoms with van der Waals surface area (Å²) < 4.78 is 11.4. The summed E-state index contributed by atoms with van der Waals surface area (Å²) in [5, 5.41) is 6.67. The average molecular weight is 436 g/mol. The highest BCUT2D eigenvalue weighted by Crippen LogP contribution is 2.27. The maximum Gasteiger partial charge on any atom is 0.263 e. The van der Waals surface area contributed by atoms with Gasteiger partial charge in [0.05, 0.1) is 6.54 Å². The van der Waals surface area contributed by atoms with Gasteiger partial charge in [-0.2, -0.15) is 4.98 Å². The fraction of sp³-hybridized carbons (Fsp3) is 0.208. The number of hydrogen-bond acceptors (Lipinski definition) is 5. The molecule has 0 N–H and O–H groups in total. The molecular formula is C24H22ClN3O3. The number of hydrogen-bond donors (Lipinski definition) is 0. The molecule has 1 aromatic heterocycles. The Labute approximate surface area is 185 Å². The number of aromatic nitrogens is 2. The van der Waals surface area contributed by atoms with Crippen LogP contribution in [0.2, 0.25) is 5.02 Å². The molecule has 158 valence electrons. The predicted octanol–water partition coefficient (Wildman–Crippen LogP) is 5.36. The number of ether oxygens (including phenoxy) is 1. The monoisotopic (exact) mass is 435 g/mol. The van der Waals surface area contributed by atoms with Crippen LogP contribution in [0.3, 0.4) is 0 Å². The Kier molecular flexibility index (Phi) is 6.18. The number of amides is 1. The maximum atomic E-state index is 13.0. The van der Waals surface area contributed by atoms with E-state index in [0.717, 1.165) is 16.3 Å². The van der Waals surface area contributed by atoms with E-state index in [2.05, 4.69) is 10.1 Å². The number of likely N-dealkylation sites (N-methyl/N-ethyl adjacent to an activating group) is 1. The Morgan fingerprint density at radius 2 is 1.84 bits per heavy atom. The van der Waals surface area contributed by atoms with E-state index >= 15 is 0 Å². The second-order valence-electron chi connectivity index (χ2n) is 7.20. The van der Waals surface area contributed by atoms with Crippen molar-refractivity contribution in [1.29, 1.82) is 0 Å². The highest BCUT2D eigenvalue weighted by atomic mass is 35.5. The normalized spacial score (nSPS) is 12.0. The second kappa shape index (κ2) is 9.18. The number of rotatable bonds is 7. The van der Waals surface area contributed by atoms with E-state index in [0.29, 0.717) is 28.9 Å². The molecule has 0 aliphatic rings. The van der Waals surface area contributed by atoms with E-state index in [9.17, 15) is 4.79 Å². The summed E-state index contributed by atoms with van der Waals surface area (Å²) >= 11 is 5.92. The van der Waals surface area contributed by atoms with Crippen LogP contribution in [0.25, 0.3) is 22.2 Å². The van der Waals surface area contributed by atoms with Gasteiger partial charge in [-0.15, -0.1) is 0 Å². The Hall–Kier alpha value is -3.38. The van der Waals surface area contributed by atoms with Crippen LogP contribution in [0.5, 0.6) is 5.75 Å². The second-order valence-corrected chi connectivity index (χ2v) is 7.64. The first-order valence-corrected chi connectivity index (χ1v) is 10.4. The van der Waals surface area contributed by atoms with Gasteiger partial charge in [0, 0.05) is 23.0 Å². The smallest absolute Gasteiger partial charge is 0.263 e. The van der Waals surface area contributed by atoms with Gasteiger partial charge in [-0.3, -0.25) is 4.79 Å². The van der Waals surface area contributed by atoms with Crippen molar-refractivity contribution in [2.75, 3.05) is 7.05 Å². The van der Waals surface area contributed by atoms with E-state index in [-0.39, 0.29) is 12.5 Å². The molecule has 1 heterocycles. The van der Waals surface area contributed by atoms with E-state index in [1.807, 2.05) is 61.5 Å². The third-order valence-corrected chi connectivity index (χ3v) is 5.24. The van der Waals surface area contributed by atoms with Crippen molar-refractivity contribution in [2.24, 2.45) is 0 Å². The summed E-state index contributed by atoms with van der Waals surface area (Å²) in [5.41, 5.74) is 0.791. The molecule has 31 heavy (non-hydrogen) atoms. The Morgan fingerprint density at radius 1 is 1.10 bits per heavy atom. The first-order chi connectivity index (χ1) is 15.0. The zero-order chi connectivity index (χ0) is 21.8. The lowest BCUT2D eigenvalue weighted by atomic mass is 10.1. The molecule has 0 spiro atoms. The Balaban J connectivity index is 1.46. The van der Waals surface area contributed by atoms with Crippen LogP contribution in [-0.2, 0) is 11.3 Å². The summed E-state index contributed by atoms with van der Waals surface area (Å²) in [5.74, 6) is 1.34. The van der Waals surface area contributed by atoms with E-state index in [1.54, 1.807) is 24.1 Å². The zero-order valence-corrected chi connectivity index (χ0v) is 18.0. The Bertz CT molecular complexity index is 1180. The topological polar surface area (TPSA) is 68.5 Å². The predicted molar refractivity (Wildman–Crippen MR) is 120 cm³/mol. The molecule has 6 nitrogen and oxygen atoms in total. The standard InChI is InChI=1S/C24H22ClN3O3/c1-3-20(30-21-10-6-8-16-7-4-5-9-19(16)21)24(29)28(2)15-22-26-23(27-31-22)17-11-13-18(25)14-12-17/h4-14,20H,3,15H2,1-2H3. The molecule has 0 aliphatic heterocycles. The molecule has 0 fully saturated rings. The summed E-state index contributed by atoms with van der Waals surface area (Å²) in [6.07, 6.45) is -0.0823. The molecule has 3 aromatic carbocycles. The van der Waals surface area contributed by atoms with E-state index in [1.165, 1.54) is 0 Å². The largest absolute Gasteiger partial charge is 0.480 e. The van der Waals surface area contributed by atoms with Crippen molar-refractivity contribution < 1.29 is 14.1 Å². The summed E-state index contributed by atoms with van der Waals surface area (Å²) in [6, 6.07) is 20.9. The van der Waals surface area contributed by atoms with Gasteiger partial charge in [-0.1, -0.05) is 60.1 Å². The van der Waals surface area contributed by atoms with Crippen molar-refractivity contribution >= 4 is 28.3 Å². The summed E-state index contributed by atoms with van der Waals surface area (Å²) in [4.78, 5) is 19.0. The van der Waals surface area contributed by atoms with Crippen LogP contribution in [0.15, 0.2) is 71.3 Å². The fourth-order valence-electron chi connectivity index (χ4n) is 3.32. The van der Waals surface area contributed by atoms with Gasteiger partial charge in [0.1, 0.15) is 5.75 Å². The third kappa shape index (κ3) is 4.70. The van der Waals surface area contributed by atoms with Gasteiger partial charge in [0.2, 0.25) is 11.7 Å². The van der Waals surface area contributed by atoms with Gasteiger partial charge >= 0.3 is 0 Å². The highest BCUT2D eigenvalue weighted by Gasteiger charge is 2.24. The Morgan fingerprint density at radius 3 is 2.61 bits per heavy atom. The number of nitrogens with zero attached hydrogens (tertiary/aromatic N) is 3. The molecule has 7 heteroatoms. The minimum absolute atomic E-state index is 0.151. The van der Waals surface area contributed by atoms with Crippen LogP contribution in [0.4, 0.5) is 0 Å². The quantitative estimate of drug-likeness (QED) is 0.391. The molecular weight excluding hydrogens is 414 g/mol. The lowest BCUT2D eigenvalue weighted by Crippen LogP contribution is -2.39.